The summed E-state index contributed by atoms with van der Waals surface area (Å²) in [5.74, 6) is 0. The van der Waals surface area contributed by atoms with Gasteiger partial charge in [0.1, 0.15) is 0 Å². The summed E-state index contributed by atoms with van der Waals surface area (Å²) in [4.78, 5) is 16.8. The molecule has 0 atom stereocenters. The van der Waals surface area contributed by atoms with E-state index in [2.05, 4.69) is 30.7 Å². The molecule has 0 saturated carbocycles. The van der Waals surface area contributed by atoms with Crippen molar-refractivity contribution in [3.8, 4) is 0 Å². The van der Waals surface area contributed by atoms with Crippen molar-refractivity contribution in [1.29, 1.82) is 0 Å². The number of H-pyrrole nitrogens is 1. The molecular formula is C8H12N2O. The Balaban J connectivity index is 3.09. The van der Waals surface area contributed by atoms with E-state index in [1.807, 2.05) is 0 Å². The molecule has 0 fully saturated rings. The molecule has 0 unspecified atom stereocenters. The topological polar surface area (TPSA) is 45.8 Å². The lowest BCUT2D eigenvalue weighted by molar-refractivity contribution is 0.583. The van der Waals surface area contributed by atoms with Crippen LogP contribution in [0.5, 0.6) is 0 Å². The molecule has 0 bridgehead atoms. The molecule has 0 spiro atoms. The van der Waals surface area contributed by atoms with E-state index >= 15 is 0 Å². The summed E-state index contributed by atoms with van der Waals surface area (Å²) in [5, 5.41) is 0. The molecule has 1 aromatic heterocycles. The number of nitrogens with one attached hydrogen (secondary N) is 1. The minimum atomic E-state index is -0.294. The largest absolute Gasteiger partial charge is 0.344 e. The zero-order valence-corrected chi connectivity index (χ0v) is 7.01. The maximum Gasteiger partial charge on any atom is 0.344 e. The van der Waals surface area contributed by atoms with Gasteiger partial charge in [0, 0.05) is 12.4 Å². The summed E-state index contributed by atoms with van der Waals surface area (Å²) < 4.78 is 0. The monoisotopic (exact) mass is 152 g/mol. The van der Waals surface area contributed by atoms with Crippen LogP contribution in [0.25, 0.3) is 0 Å². The molecule has 60 valence electrons. The minimum Gasteiger partial charge on any atom is -0.312 e. The van der Waals surface area contributed by atoms with Gasteiger partial charge in [-0.25, -0.2) is 9.78 Å². The first-order chi connectivity index (χ1) is 5.00. The average Bonchev–Trinajstić information content (AvgIpc) is 1.86. The third-order valence-electron chi connectivity index (χ3n) is 1.54. The predicted molar refractivity (Wildman–Crippen MR) is 43.6 cm³/mol. The van der Waals surface area contributed by atoms with E-state index < -0.39 is 0 Å². The summed E-state index contributed by atoms with van der Waals surface area (Å²) in [5.41, 5.74) is 0.798. The van der Waals surface area contributed by atoms with Crippen LogP contribution in [-0.2, 0) is 5.41 Å². The Morgan fingerprint density at radius 1 is 1.45 bits per heavy atom. The molecule has 0 saturated heterocycles. The summed E-state index contributed by atoms with van der Waals surface area (Å²) in [6.07, 6.45) is 3.31. The number of hydrogen-bond acceptors (Lipinski definition) is 2. The molecule has 3 heteroatoms. The second-order valence-corrected chi connectivity index (χ2v) is 3.56. The van der Waals surface area contributed by atoms with E-state index in [0.29, 0.717) is 0 Å². The van der Waals surface area contributed by atoms with Crippen LogP contribution in [-0.4, -0.2) is 9.97 Å². The summed E-state index contributed by atoms with van der Waals surface area (Å²) in [6, 6.07) is 0. The van der Waals surface area contributed by atoms with Gasteiger partial charge in [-0.05, 0) is 11.0 Å². The van der Waals surface area contributed by atoms with Crippen LogP contribution in [0.2, 0.25) is 0 Å². The predicted octanol–water partition coefficient (Wildman–Crippen LogP) is 1.07. The molecule has 11 heavy (non-hydrogen) atoms. The Labute approximate surface area is 65.5 Å². The van der Waals surface area contributed by atoms with Crippen LogP contribution in [0.1, 0.15) is 26.3 Å². The van der Waals surface area contributed by atoms with Crippen molar-refractivity contribution in [2.75, 3.05) is 0 Å². The molecule has 1 N–H and O–H groups in total. The zero-order chi connectivity index (χ0) is 8.48. The average molecular weight is 152 g/mol. The molecule has 1 rings (SSSR count). The van der Waals surface area contributed by atoms with E-state index in [-0.39, 0.29) is 11.1 Å². The van der Waals surface area contributed by atoms with Crippen LogP contribution in [0.15, 0.2) is 17.2 Å². The molecule has 1 heterocycles. The van der Waals surface area contributed by atoms with Crippen LogP contribution in [0, 0.1) is 0 Å². The van der Waals surface area contributed by atoms with Gasteiger partial charge in [-0.15, -0.1) is 0 Å². The normalized spacial score (nSPS) is 11.5. The van der Waals surface area contributed by atoms with Gasteiger partial charge >= 0.3 is 5.69 Å². The van der Waals surface area contributed by atoms with Crippen molar-refractivity contribution in [3.05, 3.63) is 28.4 Å². The van der Waals surface area contributed by atoms with Crippen LogP contribution < -0.4 is 5.69 Å². The van der Waals surface area contributed by atoms with E-state index in [0.717, 1.165) is 5.56 Å². The summed E-state index contributed by atoms with van der Waals surface area (Å²) in [7, 11) is 0. The molecular weight excluding hydrogens is 140 g/mol. The van der Waals surface area contributed by atoms with Gasteiger partial charge in [-0.1, -0.05) is 20.8 Å². The van der Waals surface area contributed by atoms with E-state index in [1.165, 1.54) is 0 Å². The third-order valence-corrected chi connectivity index (χ3v) is 1.54. The smallest absolute Gasteiger partial charge is 0.312 e. The van der Waals surface area contributed by atoms with Crippen molar-refractivity contribution < 1.29 is 0 Å². The first-order valence-corrected chi connectivity index (χ1v) is 3.55. The van der Waals surface area contributed by atoms with E-state index in [9.17, 15) is 4.79 Å². The quantitative estimate of drug-likeness (QED) is 0.604. The fourth-order valence-corrected chi connectivity index (χ4v) is 0.752. The number of aromatic nitrogens is 2. The van der Waals surface area contributed by atoms with Gasteiger partial charge in [0.25, 0.3) is 0 Å². The Kier molecular flexibility index (Phi) is 1.81. The molecule has 0 radical (unpaired) electrons. The fraction of sp³-hybridized carbons (Fsp3) is 0.500. The summed E-state index contributed by atoms with van der Waals surface area (Å²) >= 11 is 0. The first-order valence-electron chi connectivity index (χ1n) is 3.55. The summed E-state index contributed by atoms with van der Waals surface area (Å²) in [6.45, 7) is 6.22. The fourth-order valence-electron chi connectivity index (χ4n) is 0.752. The van der Waals surface area contributed by atoms with Crippen molar-refractivity contribution in [3.63, 3.8) is 0 Å². The molecule has 0 aliphatic heterocycles. The number of rotatable bonds is 0. The van der Waals surface area contributed by atoms with Crippen LogP contribution in [0.3, 0.4) is 0 Å². The Morgan fingerprint density at radius 3 is 2.45 bits per heavy atom. The molecule has 0 amide bonds. The van der Waals surface area contributed by atoms with Gasteiger partial charge in [0.2, 0.25) is 0 Å². The lowest BCUT2D eigenvalue weighted by Crippen LogP contribution is -2.17. The maximum absolute atomic E-state index is 10.6. The van der Waals surface area contributed by atoms with E-state index in [4.69, 9.17) is 0 Å². The van der Waals surface area contributed by atoms with Crippen molar-refractivity contribution >= 4 is 0 Å². The zero-order valence-electron chi connectivity index (χ0n) is 7.01. The maximum atomic E-state index is 10.6. The van der Waals surface area contributed by atoms with Gasteiger partial charge in [-0.3, -0.25) is 0 Å². The van der Waals surface area contributed by atoms with Gasteiger partial charge in [0.15, 0.2) is 0 Å². The highest BCUT2D eigenvalue weighted by molar-refractivity contribution is 5.13. The first kappa shape index (κ1) is 7.98. The highest BCUT2D eigenvalue weighted by Gasteiger charge is 2.13. The second kappa shape index (κ2) is 2.49. The Hall–Kier alpha value is -1.12. The van der Waals surface area contributed by atoms with Crippen molar-refractivity contribution in [2.45, 2.75) is 26.2 Å². The molecule has 0 aromatic carbocycles. The lowest BCUT2D eigenvalue weighted by Gasteiger charge is -2.16. The number of nitrogens with zero attached hydrogens (tertiary/aromatic N) is 1. The Morgan fingerprint density at radius 2 is 2.09 bits per heavy atom. The van der Waals surface area contributed by atoms with Crippen LogP contribution >= 0.6 is 0 Å². The minimum absolute atomic E-state index is 0.0528. The van der Waals surface area contributed by atoms with Gasteiger partial charge in [0.05, 0.1) is 0 Å². The SMILES string of the molecule is CC(C)(C)c1cnc(=O)[nH]c1. The highest BCUT2D eigenvalue weighted by atomic mass is 16.1. The third kappa shape index (κ3) is 1.90. The molecule has 1 aromatic rings. The number of hydrogen-bond donors (Lipinski definition) is 1. The second-order valence-electron chi connectivity index (χ2n) is 3.56. The molecule has 0 aliphatic carbocycles. The Bertz CT molecular complexity index is 275. The van der Waals surface area contributed by atoms with E-state index in [1.54, 1.807) is 12.4 Å². The van der Waals surface area contributed by atoms with Gasteiger partial charge < -0.3 is 4.98 Å². The molecule has 3 nitrogen and oxygen atoms in total. The van der Waals surface area contributed by atoms with Crippen molar-refractivity contribution in [2.24, 2.45) is 0 Å². The lowest BCUT2D eigenvalue weighted by atomic mass is 9.89. The molecule has 0 aliphatic rings. The van der Waals surface area contributed by atoms with Gasteiger partial charge in [-0.2, -0.15) is 0 Å². The number of aromatic amines is 1. The van der Waals surface area contributed by atoms with Crippen LogP contribution in [0.4, 0.5) is 0 Å². The highest BCUT2D eigenvalue weighted by Crippen LogP contribution is 2.18. The van der Waals surface area contributed by atoms with Crippen molar-refractivity contribution in [1.82, 2.24) is 9.97 Å². The standard InChI is InChI=1S/C8H12N2O/c1-8(2,3)6-4-9-7(11)10-5-6/h4-5H,1-3H3,(H,9,10,11).